The third-order valence-corrected chi connectivity index (χ3v) is 14.4. The molecule has 81 heavy (non-hydrogen) atoms. The van der Waals surface area contributed by atoms with Crippen LogP contribution >= 0.6 is 31.4 Å². The van der Waals surface area contributed by atoms with Crippen LogP contribution in [0.15, 0.2) is 42.5 Å². The number of halogens is 11. The van der Waals surface area contributed by atoms with Crippen molar-refractivity contribution in [1.29, 1.82) is 0 Å². The number of carbonyl (C=O) groups is 4. The minimum atomic E-state index is -5.18. The zero-order valence-corrected chi connectivity index (χ0v) is 46.9. The maximum Gasteiger partial charge on any atom is 0.472 e. The van der Waals surface area contributed by atoms with E-state index in [4.69, 9.17) is 31.3 Å². The fraction of sp³-hybridized carbons (Fsp3) is 0.438. The van der Waals surface area contributed by atoms with Crippen molar-refractivity contribution in [3.05, 3.63) is 93.0 Å². The van der Waals surface area contributed by atoms with Crippen LogP contribution in [0.5, 0.6) is 0 Å². The first-order chi connectivity index (χ1) is 37.4. The van der Waals surface area contributed by atoms with Gasteiger partial charge in [0.2, 0.25) is 18.6 Å². The number of aromatic nitrogens is 5. The predicted octanol–water partition coefficient (Wildman–Crippen LogP) is 8.94. The number of phosphoric ester groups is 1. The van der Waals surface area contributed by atoms with E-state index in [1.807, 2.05) is 0 Å². The molecule has 1 aliphatic rings. The number of aliphatic carboxylic acids is 1. The number of anilines is 1. The van der Waals surface area contributed by atoms with Gasteiger partial charge >= 0.3 is 20.2 Å². The van der Waals surface area contributed by atoms with Crippen LogP contribution in [0.1, 0.15) is 92.8 Å². The fourth-order valence-corrected chi connectivity index (χ4v) is 9.20. The van der Waals surface area contributed by atoms with E-state index in [-0.39, 0.29) is 67.4 Å². The molecule has 33 heteroatoms. The number of rotatable bonds is 19. The van der Waals surface area contributed by atoms with Crippen LogP contribution in [0, 0.1) is 23.5 Å². The average Bonchev–Trinajstić information content (AvgIpc) is 3.97. The van der Waals surface area contributed by atoms with Crippen LogP contribution in [0.2, 0.25) is 5.02 Å². The van der Waals surface area contributed by atoms with E-state index < -0.39 is 133 Å². The Morgan fingerprint density at radius 1 is 1.05 bits per heavy atom. The molecular weight excluding hydrogens is 1190 g/mol. The summed E-state index contributed by atoms with van der Waals surface area (Å²) in [6, 6.07) is 6.08. The molecule has 0 spiro atoms. The number of hydrogen-bond donors (Lipinski definition) is 5. The molecule has 19 nitrogen and oxygen atoms in total. The molecule has 0 fully saturated rings. The van der Waals surface area contributed by atoms with Crippen molar-refractivity contribution in [3.8, 4) is 23.0 Å². The van der Waals surface area contributed by atoms with Gasteiger partial charge in [0.25, 0.3) is 18.4 Å². The normalized spacial score (nSPS) is 14.7. The third-order valence-electron chi connectivity index (χ3n) is 11.3. The highest BCUT2D eigenvalue weighted by Crippen LogP contribution is 2.52. The molecule has 2 unspecified atom stereocenters. The van der Waals surface area contributed by atoms with E-state index in [0.29, 0.717) is 23.7 Å². The van der Waals surface area contributed by atoms with E-state index in [1.165, 1.54) is 36.8 Å². The Bertz CT molecular complexity index is 3230. The van der Waals surface area contributed by atoms with Crippen molar-refractivity contribution in [2.75, 3.05) is 37.2 Å². The highest BCUT2D eigenvalue weighted by atomic mass is 35.5. The van der Waals surface area contributed by atoms with E-state index in [2.05, 4.69) is 46.9 Å². The molecule has 0 radical (unpaired) electrons. The first-order valence-corrected chi connectivity index (χ1v) is 28.0. The number of amides is 2. The highest BCUT2D eigenvalue weighted by Gasteiger charge is 2.53. The van der Waals surface area contributed by atoms with Gasteiger partial charge < -0.3 is 30.3 Å². The number of alkyl halides is 8. The van der Waals surface area contributed by atoms with E-state index >= 15 is 8.78 Å². The zero-order chi connectivity index (χ0) is 61.2. The number of pyridine rings is 1. The zero-order valence-electron chi connectivity index (χ0n) is 43.6. The first kappa shape index (κ1) is 67.4. The van der Waals surface area contributed by atoms with Gasteiger partial charge in [-0.15, -0.1) is 0 Å². The minimum Gasteiger partial charge on any atom is -0.481 e. The van der Waals surface area contributed by atoms with Crippen LogP contribution in [0.25, 0.3) is 22.0 Å². The summed E-state index contributed by atoms with van der Waals surface area (Å²) in [4.78, 5) is 66.6. The topological polar surface area (TPSA) is 257 Å². The van der Waals surface area contributed by atoms with Gasteiger partial charge in [-0.1, -0.05) is 30.5 Å². The highest BCUT2D eigenvalue weighted by molar-refractivity contribution is 8.00. The summed E-state index contributed by atoms with van der Waals surface area (Å²) in [5.74, 6) is -4.44. The number of ether oxygens (including phenoxy) is 1. The Morgan fingerprint density at radius 2 is 1.67 bits per heavy atom. The van der Waals surface area contributed by atoms with Gasteiger partial charge in [-0.25, -0.2) is 27.2 Å². The lowest BCUT2D eigenvalue weighted by molar-refractivity contribution is -0.143. The van der Waals surface area contributed by atoms with E-state index in [1.54, 1.807) is 20.9 Å². The molecule has 3 aromatic heterocycles. The lowest BCUT2D eigenvalue weighted by Gasteiger charge is -2.23. The van der Waals surface area contributed by atoms with Gasteiger partial charge in [0, 0.05) is 65.8 Å². The lowest BCUT2D eigenvalue weighted by atomic mass is 9.93. The molecule has 0 saturated carbocycles. The van der Waals surface area contributed by atoms with Gasteiger partial charge in [0.05, 0.1) is 27.7 Å². The number of benzene rings is 2. The van der Waals surface area contributed by atoms with Gasteiger partial charge in [-0.2, -0.15) is 45.3 Å². The Kier molecular flexibility index (Phi) is 23.1. The van der Waals surface area contributed by atoms with Crippen molar-refractivity contribution < 1.29 is 96.0 Å². The number of nitrogens with zero attached hydrogens (tertiary/aromatic N) is 6. The number of fused-ring (bicyclic) bond motifs is 2. The predicted molar refractivity (Wildman–Crippen MR) is 277 cm³/mol. The average molecular weight is 1240 g/mol. The maximum absolute atomic E-state index is 15.4. The largest absolute Gasteiger partial charge is 0.481 e. The Labute approximate surface area is 467 Å². The van der Waals surface area contributed by atoms with Crippen molar-refractivity contribution in [1.82, 2.24) is 35.2 Å². The van der Waals surface area contributed by atoms with Crippen LogP contribution in [0.3, 0.4) is 0 Å². The summed E-state index contributed by atoms with van der Waals surface area (Å²) >= 11 is 7.61. The van der Waals surface area contributed by atoms with Crippen molar-refractivity contribution >= 4 is 83.1 Å². The van der Waals surface area contributed by atoms with Gasteiger partial charge in [0.15, 0.2) is 11.5 Å². The van der Waals surface area contributed by atoms with Gasteiger partial charge in [-0.3, -0.25) is 32.8 Å². The Balaban J connectivity index is 0.000000969. The summed E-state index contributed by atoms with van der Waals surface area (Å²) < 4.78 is 177. The molecular formula is C48H52ClF10N8O11PS2. The fourth-order valence-electron chi connectivity index (χ4n) is 7.97. The summed E-state index contributed by atoms with van der Waals surface area (Å²) in [5.41, 5.74) is -4.39. The van der Waals surface area contributed by atoms with E-state index in [0.717, 1.165) is 42.2 Å². The van der Waals surface area contributed by atoms with Crippen molar-refractivity contribution in [2.45, 2.75) is 101 Å². The molecule has 3 atom stereocenters. The number of hydrogen-bond acceptors (Lipinski definition) is 13. The molecule has 0 aliphatic heterocycles. The number of carboxylic acid groups (broad SMARTS) is 1. The summed E-state index contributed by atoms with van der Waals surface area (Å²) in [5, 5.41) is 20.3. The molecule has 3 heterocycles. The smallest absolute Gasteiger partial charge is 0.472 e. The number of nitrogens with one attached hydrogen (secondary N) is 2. The minimum absolute atomic E-state index is 0.0235. The number of phosphoric acid groups is 1. The molecule has 6 rings (SSSR count). The molecule has 0 bridgehead atoms. The number of carboxylic acids is 1. The molecule has 5 N–H and O–H groups in total. The van der Waals surface area contributed by atoms with Crippen LogP contribution in [-0.2, 0) is 75.4 Å². The van der Waals surface area contributed by atoms with Crippen molar-refractivity contribution in [3.63, 3.8) is 0 Å². The van der Waals surface area contributed by atoms with E-state index in [9.17, 15) is 58.3 Å². The van der Waals surface area contributed by atoms with Gasteiger partial charge in [-0.05, 0) is 100.0 Å². The lowest BCUT2D eigenvalue weighted by Crippen LogP contribution is -2.35. The summed E-state index contributed by atoms with van der Waals surface area (Å²) in [7, 11) is -4.32. The maximum atomic E-state index is 15.4. The van der Waals surface area contributed by atoms with Crippen LogP contribution in [-0.4, -0.2) is 112 Å². The molecule has 444 valence electrons. The standard InChI is InChI=1S/C44H43ClF10N8O3S2.C2H5O6P.C2H4O2/c1-23-20-42(48,49)39-34(23)38(44(53,54)55)59-61(39)21-32(64)58-31(18-24-16-25(46)19-26(47)17-24)36-28(10-9-27(57-36)13-14-41(2,3)68(6)66)29-11-12-30(45)35-37(29)62(22-43(50,51)52)60-40(35)63(67-5)33(65)8-7-15-56-4;3-1-7-2-8-9(4,5)6;1-2(3)4/h9-12,16-17,19,23,31,56H,7-8,15,18,20-22H2,1-6H3,(H,58,64);1H,2H2,(H2,4,5,6);1H3,(H,3,4)/t23-,31?,68?;;/m0../s1. The first-order valence-electron chi connectivity index (χ1n) is 23.4. The molecule has 2 aromatic carbocycles. The Morgan fingerprint density at radius 3 is 2.21 bits per heavy atom. The quantitative estimate of drug-likeness (QED) is 0.00983. The second kappa shape index (κ2) is 27.8. The molecule has 5 aromatic rings. The second-order valence-corrected chi connectivity index (χ2v) is 22.3. The SMILES string of the molecule is CC(=O)O.CNCCCC(=O)N(SC)c1nn(CC(F)(F)F)c2c(-c3ccc(C#CC(C)(C)S(C)=O)nc3C(Cc3cc(F)cc(F)c3)NC(=O)Cn3nc(C(F)(F)F)c4c3C(F)(F)C[C@@H]4C)ccc(Cl)c12.O=COCOP(=O)(O)O. The third kappa shape index (κ3) is 18.7. The number of carbonyl (C=O) groups excluding carboxylic acids is 3. The molecule has 1 aliphatic carbocycles. The summed E-state index contributed by atoms with van der Waals surface area (Å²) in [6.07, 6.45) is -8.42. The molecule has 2 amide bonds. The molecule has 0 saturated heterocycles. The van der Waals surface area contributed by atoms with Crippen LogP contribution in [0.4, 0.5) is 49.7 Å². The van der Waals surface area contributed by atoms with Crippen molar-refractivity contribution in [2.24, 2.45) is 0 Å². The van der Waals surface area contributed by atoms with Crippen LogP contribution < -0.4 is 14.9 Å². The Hall–Kier alpha value is -6.13. The summed E-state index contributed by atoms with van der Waals surface area (Å²) in [6.45, 7) is 2.19. The monoisotopic (exact) mass is 1240 g/mol. The second-order valence-electron chi connectivity index (χ2n) is 18.0. The van der Waals surface area contributed by atoms with Gasteiger partial charge in [0.1, 0.15) is 40.9 Å².